The van der Waals surface area contributed by atoms with Gasteiger partial charge in [-0.1, -0.05) is 66.7 Å². The van der Waals surface area contributed by atoms with Crippen LogP contribution in [0.25, 0.3) is 0 Å². The zero-order chi connectivity index (χ0) is 16.3. The quantitative estimate of drug-likeness (QED) is 0.506. The average molecular weight is 337 g/mol. The third-order valence-corrected chi connectivity index (χ3v) is 5.75. The van der Waals surface area contributed by atoms with E-state index in [1.807, 2.05) is 60.7 Å². The molecule has 0 aliphatic carbocycles. The molecule has 0 saturated heterocycles. The van der Waals surface area contributed by atoms with E-state index in [9.17, 15) is 13.2 Å². The molecule has 0 amide bonds. The molecular weight excluding hydrogens is 323 g/mol. The maximum absolute atomic E-state index is 13.0. The Labute approximate surface area is 152 Å². The predicted octanol–water partition coefficient (Wildman–Crippen LogP) is 3.62. The number of halogens is 3. The molecule has 0 heterocycles. The summed E-state index contributed by atoms with van der Waals surface area (Å²) >= 11 is 0. The van der Waals surface area contributed by atoms with Crippen LogP contribution in [-0.2, 0) is 6.18 Å². The zero-order valence-corrected chi connectivity index (χ0v) is 13.0. The van der Waals surface area contributed by atoms with Crippen LogP contribution < -0.4 is 15.9 Å². The third kappa shape index (κ3) is 4.31. The fourth-order valence-corrected chi connectivity index (χ4v) is 4.61. The first-order chi connectivity index (χ1) is 11.1. The molecule has 5 heteroatoms. The first kappa shape index (κ1) is 18.8. The van der Waals surface area contributed by atoms with Gasteiger partial charge in [0.05, 0.1) is 5.56 Å². The molecule has 0 N–H and O–H groups in total. The van der Waals surface area contributed by atoms with Gasteiger partial charge < -0.3 is 0 Å². The molecule has 0 atom stereocenters. The van der Waals surface area contributed by atoms with E-state index in [1.54, 1.807) is 0 Å². The molecule has 0 fully saturated rings. The summed E-state index contributed by atoms with van der Waals surface area (Å²) in [6.45, 7) is 0. The van der Waals surface area contributed by atoms with Gasteiger partial charge in [-0.05, 0) is 42.0 Å². The Balaban J connectivity index is 0.00000208. The minimum atomic E-state index is -4.35. The van der Waals surface area contributed by atoms with Crippen LogP contribution in [0, 0.1) is 6.07 Å². The molecule has 3 aromatic carbocycles. The van der Waals surface area contributed by atoms with Crippen molar-refractivity contribution in [2.75, 3.05) is 0 Å². The molecule has 1 radical (unpaired) electrons. The van der Waals surface area contributed by atoms with Crippen LogP contribution in [0.3, 0.4) is 0 Å². The van der Waals surface area contributed by atoms with Crippen LogP contribution in [-0.4, -0.2) is 18.9 Å². The summed E-state index contributed by atoms with van der Waals surface area (Å²) in [7, 11) is -1.06. The Morgan fingerprint density at radius 3 is 1.71 bits per heavy atom. The number of hydrogen-bond acceptors (Lipinski definition) is 0. The van der Waals surface area contributed by atoms with Crippen LogP contribution >= 0.6 is 7.92 Å². The second-order valence-electron chi connectivity index (χ2n) is 4.97. The molecule has 0 aromatic heterocycles. The second-order valence-corrected chi connectivity index (χ2v) is 7.15. The van der Waals surface area contributed by atoms with Gasteiger partial charge in [-0.25, -0.2) is 0 Å². The number of benzene rings is 3. The van der Waals surface area contributed by atoms with Crippen molar-refractivity contribution in [2.45, 2.75) is 6.18 Å². The van der Waals surface area contributed by atoms with Gasteiger partial charge in [0, 0.05) is 0 Å². The van der Waals surface area contributed by atoms with E-state index in [4.69, 9.17) is 0 Å². The zero-order valence-electron chi connectivity index (χ0n) is 12.1. The summed E-state index contributed by atoms with van der Waals surface area (Å²) in [6.07, 6.45) is -4.35. The van der Waals surface area contributed by atoms with E-state index < -0.39 is 19.7 Å². The minimum absolute atomic E-state index is 0. The Kier molecular flexibility index (Phi) is 6.30. The molecule has 0 spiro atoms. The Bertz CT molecular complexity index is 734. The molecule has 0 nitrogen and oxygen atoms in total. The van der Waals surface area contributed by atoms with E-state index in [0.717, 1.165) is 16.7 Å². The van der Waals surface area contributed by atoms with Crippen LogP contribution in [0.4, 0.5) is 13.2 Å². The van der Waals surface area contributed by atoms with Gasteiger partial charge in [0.15, 0.2) is 0 Å². The van der Waals surface area contributed by atoms with Gasteiger partial charge in [-0.2, -0.15) is 13.2 Å². The van der Waals surface area contributed by atoms with Crippen molar-refractivity contribution in [3.05, 3.63) is 90.5 Å². The van der Waals surface area contributed by atoms with Crippen LogP contribution in [0.1, 0.15) is 5.56 Å². The molecular formula is C19H14F3LiP. The van der Waals surface area contributed by atoms with E-state index >= 15 is 0 Å². The van der Waals surface area contributed by atoms with Crippen molar-refractivity contribution in [1.82, 2.24) is 0 Å². The first-order valence-corrected chi connectivity index (χ1v) is 8.39. The van der Waals surface area contributed by atoms with E-state index in [0.29, 0.717) is 5.30 Å². The summed E-state index contributed by atoms with van der Waals surface area (Å²) in [5.41, 5.74) is -0.634. The third-order valence-electron chi connectivity index (χ3n) is 3.38. The van der Waals surface area contributed by atoms with Gasteiger partial charge in [0.2, 0.25) is 0 Å². The van der Waals surface area contributed by atoms with Gasteiger partial charge in [-0.15, -0.1) is 0 Å². The molecule has 117 valence electrons. The van der Waals surface area contributed by atoms with Gasteiger partial charge >= 0.3 is 25.0 Å². The molecule has 24 heavy (non-hydrogen) atoms. The van der Waals surface area contributed by atoms with Crippen LogP contribution in [0.2, 0.25) is 0 Å². The molecule has 3 aromatic rings. The summed E-state index contributed by atoms with van der Waals surface area (Å²) in [5, 5.41) is 2.58. The summed E-state index contributed by atoms with van der Waals surface area (Å²) in [5.74, 6) is 0. The molecule has 0 saturated carbocycles. The monoisotopic (exact) mass is 337 g/mol. The van der Waals surface area contributed by atoms with Gasteiger partial charge in [0.25, 0.3) is 0 Å². The fourth-order valence-electron chi connectivity index (χ4n) is 2.34. The number of hydrogen-bond donors (Lipinski definition) is 0. The predicted molar refractivity (Wildman–Crippen MR) is 96.1 cm³/mol. The van der Waals surface area contributed by atoms with E-state index in [-0.39, 0.29) is 18.9 Å². The van der Waals surface area contributed by atoms with Crippen molar-refractivity contribution in [1.29, 1.82) is 0 Å². The average Bonchev–Trinajstić information content (AvgIpc) is 2.57. The van der Waals surface area contributed by atoms with Crippen molar-refractivity contribution in [2.24, 2.45) is 0 Å². The van der Waals surface area contributed by atoms with Crippen molar-refractivity contribution in [3.63, 3.8) is 0 Å². The Morgan fingerprint density at radius 1 is 0.750 bits per heavy atom. The first-order valence-electron chi connectivity index (χ1n) is 7.05. The van der Waals surface area contributed by atoms with Crippen LogP contribution in [0.5, 0.6) is 0 Å². The Morgan fingerprint density at radius 2 is 1.25 bits per heavy atom. The van der Waals surface area contributed by atoms with Crippen molar-refractivity contribution < 1.29 is 13.2 Å². The molecule has 3 rings (SSSR count). The topological polar surface area (TPSA) is 0 Å². The van der Waals surface area contributed by atoms with E-state index in [2.05, 4.69) is 6.07 Å². The Hall–Kier alpha value is -1.52. The molecule has 0 bridgehead atoms. The van der Waals surface area contributed by atoms with Crippen molar-refractivity contribution >= 4 is 42.7 Å². The molecule has 0 aliphatic rings. The standard InChI is InChI=1S/C19H13F3P.Li.H/c20-19(21,22)15-8-7-13-18(14-15)23(16-9-3-1-4-10-16)17-11-5-2-6-12-17;;/h1-12,14H;;. The molecule has 0 unspecified atom stereocenters. The van der Waals surface area contributed by atoms with Crippen molar-refractivity contribution in [3.8, 4) is 0 Å². The normalized spacial score (nSPS) is 11.2. The van der Waals surface area contributed by atoms with E-state index in [1.165, 1.54) is 12.1 Å². The SMILES string of the molecule is FC(F)(F)c1cc[c]c(P(c2ccccc2)c2ccccc2)c1.[LiH]. The number of alkyl halides is 3. The van der Waals surface area contributed by atoms with Gasteiger partial charge in [-0.3, -0.25) is 0 Å². The molecule has 0 aliphatic heterocycles. The summed E-state index contributed by atoms with van der Waals surface area (Å²) < 4.78 is 39.1. The summed E-state index contributed by atoms with van der Waals surface area (Å²) in [4.78, 5) is 0. The second kappa shape index (κ2) is 8.04. The van der Waals surface area contributed by atoms with Gasteiger partial charge in [0.1, 0.15) is 0 Å². The fraction of sp³-hybridized carbons (Fsp3) is 0.0526. The maximum atomic E-state index is 13.0. The van der Waals surface area contributed by atoms with Crippen LogP contribution in [0.15, 0.2) is 78.9 Å². The number of rotatable bonds is 3. The summed E-state index contributed by atoms with van der Waals surface area (Å²) in [6, 6.07) is 25.9.